The van der Waals surface area contributed by atoms with Gasteiger partial charge in [-0.2, -0.15) is 5.10 Å². The predicted molar refractivity (Wildman–Crippen MR) is 73.2 cm³/mol. The summed E-state index contributed by atoms with van der Waals surface area (Å²) in [6.07, 6.45) is 3.68. The van der Waals surface area contributed by atoms with Crippen molar-refractivity contribution in [2.45, 2.75) is 39.3 Å². The maximum atomic E-state index is 5.69. The zero-order valence-electron chi connectivity index (χ0n) is 10.8. The van der Waals surface area contributed by atoms with Gasteiger partial charge in [0.15, 0.2) is 0 Å². The van der Waals surface area contributed by atoms with Crippen LogP contribution in [0.4, 0.5) is 0 Å². The third-order valence-electron chi connectivity index (χ3n) is 2.97. The van der Waals surface area contributed by atoms with E-state index in [-0.39, 0.29) is 6.04 Å². The summed E-state index contributed by atoms with van der Waals surface area (Å²) in [7, 11) is 0. The standard InChI is InChI=1S/C12H19N5S/c1-3-9-5-12(17(4-2)16-9)11(15-13)6-10-7-14-8-18-10/h5,7-8,11,15H,3-4,6,13H2,1-2H3. The van der Waals surface area contributed by atoms with Crippen LogP contribution in [-0.2, 0) is 19.4 Å². The highest BCUT2D eigenvalue weighted by Crippen LogP contribution is 2.21. The molecule has 1 atom stereocenters. The summed E-state index contributed by atoms with van der Waals surface area (Å²) in [5.74, 6) is 5.69. The highest BCUT2D eigenvalue weighted by molar-refractivity contribution is 7.09. The number of aromatic nitrogens is 3. The molecule has 2 aromatic rings. The number of hydrazine groups is 1. The van der Waals surface area contributed by atoms with E-state index in [4.69, 9.17) is 5.84 Å². The van der Waals surface area contributed by atoms with Crippen LogP contribution in [0.3, 0.4) is 0 Å². The van der Waals surface area contributed by atoms with Crippen molar-refractivity contribution >= 4 is 11.3 Å². The maximum absolute atomic E-state index is 5.69. The number of hydrogen-bond acceptors (Lipinski definition) is 5. The van der Waals surface area contributed by atoms with Crippen molar-refractivity contribution in [3.63, 3.8) is 0 Å². The number of nitrogens with zero attached hydrogens (tertiary/aromatic N) is 3. The Bertz CT molecular complexity index is 477. The molecule has 2 rings (SSSR count). The van der Waals surface area contributed by atoms with Crippen LogP contribution < -0.4 is 11.3 Å². The second-order valence-electron chi connectivity index (χ2n) is 4.12. The molecule has 5 nitrogen and oxygen atoms in total. The molecule has 0 bridgehead atoms. The van der Waals surface area contributed by atoms with E-state index in [1.807, 2.05) is 16.4 Å². The van der Waals surface area contributed by atoms with Gasteiger partial charge in [-0.1, -0.05) is 6.92 Å². The molecular weight excluding hydrogens is 246 g/mol. The molecule has 0 saturated carbocycles. The Morgan fingerprint density at radius 3 is 2.89 bits per heavy atom. The van der Waals surface area contributed by atoms with Crippen LogP contribution in [-0.4, -0.2) is 14.8 Å². The third kappa shape index (κ3) is 2.77. The Kier molecular flexibility index (Phi) is 4.46. The normalized spacial score (nSPS) is 12.8. The summed E-state index contributed by atoms with van der Waals surface area (Å²) < 4.78 is 2.02. The van der Waals surface area contributed by atoms with Gasteiger partial charge in [-0.05, 0) is 19.4 Å². The fourth-order valence-electron chi connectivity index (χ4n) is 1.99. The van der Waals surface area contributed by atoms with E-state index in [9.17, 15) is 0 Å². The lowest BCUT2D eigenvalue weighted by Gasteiger charge is -2.16. The monoisotopic (exact) mass is 265 g/mol. The average Bonchev–Trinajstić information content (AvgIpc) is 3.04. The molecule has 2 aromatic heterocycles. The molecule has 0 radical (unpaired) electrons. The smallest absolute Gasteiger partial charge is 0.0794 e. The number of rotatable bonds is 6. The summed E-state index contributed by atoms with van der Waals surface area (Å²) in [5.41, 5.74) is 6.98. The highest BCUT2D eigenvalue weighted by atomic mass is 32.1. The van der Waals surface area contributed by atoms with Crippen LogP contribution >= 0.6 is 11.3 Å². The van der Waals surface area contributed by atoms with Gasteiger partial charge in [0.25, 0.3) is 0 Å². The predicted octanol–water partition coefficient (Wildman–Crippen LogP) is 1.67. The summed E-state index contributed by atoms with van der Waals surface area (Å²) >= 11 is 1.65. The number of hydrogen-bond donors (Lipinski definition) is 2. The highest BCUT2D eigenvalue weighted by Gasteiger charge is 2.17. The summed E-state index contributed by atoms with van der Waals surface area (Å²) in [6.45, 7) is 5.06. The first-order valence-corrected chi connectivity index (χ1v) is 7.06. The topological polar surface area (TPSA) is 68.8 Å². The number of thiazole rings is 1. The minimum atomic E-state index is 0.0817. The van der Waals surface area contributed by atoms with Crippen molar-refractivity contribution in [2.24, 2.45) is 5.84 Å². The molecule has 1 unspecified atom stereocenters. The second-order valence-corrected chi connectivity index (χ2v) is 5.09. The number of nitrogens with two attached hydrogens (primary N) is 1. The molecule has 0 saturated heterocycles. The van der Waals surface area contributed by atoms with E-state index in [1.54, 1.807) is 11.3 Å². The van der Waals surface area contributed by atoms with Crippen molar-refractivity contribution in [3.05, 3.63) is 34.0 Å². The molecule has 0 aromatic carbocycles. The van der Waals surface area contributed by atoms with Gasteiger partial charge in [-0.25, -0.2) is 0 Å². The Morgan fingerprint density at radius 2 is 2.33 bits per heavy atom. The molecule has 0 aliphatic rings. The zero-order valence-corrected chi connectivity index (χ0v) is 11.6. The van der Waals surface area contributed by atoms with Crippen LogP contribution in [0.2, 0.25) is 0 Å². The van der Waals surface area contributed by atoms with Gasteiger partial charge in [0.05, 0.1) is 22.9 Å². The van der Waals surface area contributed by atoms with Crippen LogP contribution in [0, 0.1) is 0 Å². The largest absolute Gasteiger partial charge is 0.271 e. The molecule has 2 heterocycles. The molecule has 0 aliphatic carbocycles. The first kappa shape index (κ1) is 13.2. The van der Waals surface area contributed by atoms with E-state index in [0.29, 0.717) is 0 Å². The van der Waals surface area contributed by atoms with Gasteiger partial charge in [-0.15, -0.1) is 11.3 Å². The first-order valence-electron chi connectivity index (χ1n) is 6.18. The molecule has 98 valence electrons. The summed E-state index contributed by atoms with van der Waals surface area (Å²) in [4.78, 5) is 5.32. The Labute approximate surface area is 111 Å². The summed E-state index contributed by atoms with van der Waals surface area (Å²) in [6, 6.07) is 2.22. The minimum absolute atomic E-state index is 0.0817. The molecule has 6 heteroatoms. The lowest BCUT2D eigenvalue weighted by atomic mass is 10.1. The van der Waals surface area contributed by atoms with Gasteiger partial charge in [0.1, 0.15) is 0 Å². The van der Waals surface area contributed by atoms with Gasteiger partial charge in [-0.3, -0.25) is 20.9 Å². The van der Waals surface area contributed by atoms with Crippen molar-refractivity contribution < 1.29 is 0 Å². The van der Waals surface area contributed by atoms with E-state index in [0.717, 1.165) is 30.8 Å². The first-order chi connectivity index (χ1) is 8.78. The molecule has 0 amide bonds. The van der Waals surface area contributed by atoms with Crippen LogP contribution in [0.25, 0.3) is 0 Å². The van der Waals surface area contributed by atoms with Gasteiger partial charge in [0, 0.05) is 24.0 Å². The van der Waals surface area contributed by atoms with Gasteiger partial charge in [0.2, 0.25) is 0 Å². The Morgan fingerprint density at radius 1 is 1.50 bits per heavy atom. The van der Waals surface area contributed by atoms with Crippen LogP contribution in [0.15, 0.2) is 17.8 Å². The fourth-order valence-corrected chi connectivity index (χ4v) is 2.63. The quantitative estimate of drug-likeness (QED) is 0.616. The van der Waals surface area contributed by atoms with Crippen molar-refractivity contribution in [1.29, 1.82) is 0 Å². The number of aryl methyl sites for hydroxylation is 2. The fraction of sp³-hybridized carbons (Fsp3) is 0.500. The van der Waals surface area contributed by atoms with Gasteiger partial charge < -0.3 is 0 Å². The van der Waals surface area contributed by atoms with Gasteiger partial charge >= 0.3 is 0 Å². The van der Waals surface area contributed by atoms with Crippen molar-refractivity contribution in [3.8, 4) is 0 Å². The molecule has 18 heavy (non-hydrogen) atoms. The summed E-state index contributed by atoms with van der Waals surface area (Å²) in [5, 5.41) is 4.55. The number of nitrogens with one attached hydrogen (secondary N) is 1. The van der Waals surface area contributed by atoms with E-state index >= 15 is 0 Å². The van der Waals surface area contributed by atoms with Crippen LogP contribution in [0.1, 0.15) is 36.2 Å². The molecular formula is C12H19N5S. The lowest BCUT2D eigenvalue weighted by molar-refractivity contribution is 0.492. The third-order valence-corrected chi connectivity index (χ3v) is 3.77. The SMILES string of the molecule is CCc1cc(C(Cc2cncs2)NN)n(CC)n1. The van der Waals surface area contributed by atoms with E-state index < -0.39 is 0 Å². The Balaban J connectivity index is 2.23. The van der Waals surface area contributed by atoms with E-state index in [2.05, 4.69) is 35.4 Å². The van der Waals surface area contributed by atoms with Crippen LogP contribution in [0.5, 0.6) is 0 Å². The molecule has 3 N–H and O–H groups in total. The maximum Gasteiger partial charge on any atom is 0.0794 e. The van der Waals surface area contributed by atoms with Crippen molar-refractivity contribution in [2.75, 3.05) is 0 Å². The second kappa shape index (κ2) is 6.08. The van der Waals surface area contributed by atoms with E-state index in [1.165, 1.54) is 4.88 Å². The molecule has 0 fully saturated rings. The molecule has 0 spiro atoms. The van der Waals surface area contributed by atoms with Crippen molar-refractivity contribution in [1.82, 2.24) is 20.2 Å². The minimum Gasteiger partial charge on any atom is -0.271 e. The average molecular weight is 265 g/mol. The molecule has 0 aliphatic heterocycles. The lowest BCUT2D eigenvalue weighted by Crippen LogP contribution is -2.31. The Hall–Kier alpha value is -1.24. The zero-order chi connectivity index (χ0) is 13.0.